The molecule has 3 rings (SSSR count). The molecule has 0 aliphatic carbocycles. The van der Waals surface area contributed by atoms with E-state index in [9.17, 15) is 9.59 Å². The van der Waals surface area contributed by atoms with Crippen LogP contribution in [0.15, 0.2) is 60.9 Å². The smallest absolute Gasteiger partial charge is 0.249 e. The Balaban J connectivity index is 1.65. The number of anilines is 1. The van der Waals surface area contributed by atoms with Gasteiger partial charge in [-0.05, 0) is 43.2 Å². The van der Waals surface area contributed by atoms with Gasteiger partial charge in [0.05, 0.1) is 0 Å². The lowest BCUT2D eigenvalue weighted by Crippen LogP contribution is -2.41. The van der Waals surface area contributed by atoms with E-state index in [1.807, 2.05) is 43.3 Å². The summed E-state index contributed by atoms with van der Waals surface area (Å²) in [6.45, 7) is 1.99. The minimum Gasteiger partial charge on any atom is -0.341 e. The summed E-state index contributed by atoms with van der Waals surface area (Å²) >= 11 is 0. The summed E-state index contributed by atoms with van der Waals surface area (Å²) in [7, 11) is 0. The molecule has 0 bridgehead atoms. The predicted molar refractivity (Wildman–Crippen MR) is 93.2 cm³/mol. The lowest BCUT2D eigenvalue weighted by Gasteiger charge is -2.21. The number of nitrogens with zero attached hydrogens (tertiary/aromatic N) is 2. The number of benzene rings is 1. The van der Waals surface area contributed by atoms with E-state index in [1.54, 1.807) is 29.4 Å². The van der Waals surface area contributed by atoms with Gasteiger partial charge in [0.15, 0.2) is 0 Å². The number of rotatable bonds is 4. The van der Waals surface area contributed by atoms with Gasteiger partial charge in [-0.25, -0.2) is 0 Å². The van der Waals surface area contributed by atoms with Gasteiger partial charge in [0.25, 0.3) is 0 Å². The Kier molecular flexibility index (Phi) is 4.70. The standard InChI is InChI=1S/C19H19N3O2/c1-14-12-17(19(24)22(14)16-7-3-2-4-8-16)21-18(23)10-9-15-6-5-11-20-13-15/h2-11,13-14,17H,12H2,1H3,(H,21,23)/b10-9+/t14-,17+/m0/s1. The van der Waals surface area contributed by atoms with Crippen LogP contribution in [-0.4, -0.2) is 28.9 Å². The number of carbonyl (C=O) groups is 2. The first-order valence-electron chi connectivity index (χ1n) is 7.92. The maximum atomic E-state index is 12.6. The first-order valence-corrected chi connectivity index (χ1v) is 7.92. The molecule has 1 aliphatic heterocycles. The molecule has 1 fully saturated rings. The van der Waals surface area contributed by atoms with Crippen molar-refractivity contribution in [2.75, 3.05) is 4.90 Å². The van der Waals surface area contributed by atoms with Crippen molar-refractivity contribution in [3.8, 4) is 0 Å². The highest BCUT2D eigenvalue weighted by molar-refractivity contribution is 6.03. The molecule has 0 radical (unpaired) electrons. The summed E-state index contributed by atoms with van der Waals surface area (Å²) < 4.78 is 0. The zero-order chi connectivity index (χ0) is 16.9. The summed E-state index contributed by atoms with van der Waals surface area (Å²) in [5.74, 6) is -0.351. The molecule has 1 N–H and O–H groups in total. The second-order valence-corrected chi connectivity index (χ2v) is 5.81. The minimum absolute atomic E-state index is 0.0486. The molecule has 5 nitrogen and oxygen atoms in total. The van der Waals surface area contributed by atoms with Crippen LogP contribution < -0.4 is 10.2 Å². The van der Waals surface area contributed by atoms with Gasteiger partial charge < -0.3 is 10.2 Å². The Morgan fingerprint density at radius 2 is 2.04 bits per heavy atom. The summed E-state index contributed by atoms with van der Waals surface area (Å²) in [4.78, 5) is 30.4. The molecule has 2 amide bonds. The molecule has 1 aromatic carbocycles. The first-order chi connectivity index (χ1) is 11.6. The molecule has 0 spiro atoms. The molecular weight excluding hydrogens is 302 g/mol. The molecule has 1 aliphatic rings. The zero-order valence-corrected chi connectivity index (χ0v) is 13.4. The monoisotopic (exact) mass is 321 g/mol. The van der Waals surface area contributed by atoms with Crippen LogP contribution in [0.5, 0.6) is 0 Å². The maximum absolute atomic E-state index is 12.6. The second-order valence-electron chi connectivity index (χ2n) is 5.81. The summed E-state index contributed by atoms with van der Waals surface area (Å²) in [5, 5.41) is 2.79. The SMILES string of the molecule is C[C@H]1C[C@@H](NC(=O)/C=C/c2cccnc2)C(=O)N1c1ccccc1. The third-order valence-electron chi connectivity index (χ3n) is 4.02. The van der Waals surface area contributed by atoms with Crippen LogP contribution in [0.25, 0.3) is 6.08 Å². The fourth-order valence-electron chi connectivity index (χ4n) is 2.89. The zero-order valence-electron chi connectivity index (χ0n) is 13.4. The van der Waals surface area contributed by atoms with Crippen molar-refractivity contribution >= 4 is 23.6 Å². The van der Waals surface area contributed by atoms with Gasteiger partial charge in [0.2, 0.25) is 11.8 Å². The topological polar surface area (TPSA) is 62.3 Å². The molecule has 1 saturated heterocycles. The number of nitrogens with one attached hydrogen (secondary N) is 1. The summed E-state index contributed by atoms with van der Waals surface area (Å²) in [6, 6.07) is 12.7. The molecule has 1 aromatic heterocycles. The fraction of sp³-hybridized carbons (Fsp3) is 0.211. The van der Waals surface area contributed by atoms with E-state index in [4.69, 9.17) is 0 Å². The average molecular weight is 321 g/mol. The largest absolute Gasteiger partial charge is 0.341 e. The van der Waals surface area contributed by atoms with Crippen LogP contribution in [-0.2, 0) is 9.59 Å². The van der Waals surface area contributed by atoms with E-state index in [-0.39, 0.29) is 17.9 Å². The van der Waals surface area contributed by atoms with Crippen molar-refractivity contribution < 1.29 is 9.59 Å². The third kappa shape index (κ3) is 3.51. The number of carbonyl (C=O) groups excluding carboxylic acids is 2. The van der Waals surface area contributed by atoms with Crippen molar-refractivity contribution in [3.05, 3.63) is 66.5 Å². The highest BCUT2D eigenvalue weighted by Crippen LogP contribution is 2.26. The molecule has 2 aromatic rings. The molecule has 2 atom stereocenters. The predicted octanol–water partition coefficient (Wildman–Crippen LogP) is 2.41. The molecule has 0 unspecified atom stereocenters. The van der Waals surface area contributed by atoms with E-state index in [2.05, 4.69) is 10.3 Å². The highest BCUT2D eigenvalue weighted by Gasteiger charge is 2.38. The first kappa shape index (κ1) is 15.9. The van der Waals surface area contributed by atoms with Crippen molar-refractivity contribution in [1.29, 1.82) is 0 Å². The van der Waals surface area contributed by atoms with E-state index in [0.717, 1.165) is 11.3 Å². The van der Waals surface area contributed by atoms with Gasteiger partial charge in [-0.2, -0.15) is 0 Å². The highest BCUT2D eigenvalue weighted by atomic mass is 16.2. The molecule has 24 heavy (non-hydrogen) atoms. The van der Waals surface area contributed by atoms with Crippen LogP contribution in [0.4, 0.5) is 5.69 Å². The number of pyridine rings is 1. The van der Waals surface area contributed by atoms with Crippen molar-refractivity contribution in [1.82, 2.24) is 10.3 Å². The number of amides is 2. The van der Waals surface area contributed by atoms with E-state index < -0.39 is 6.04 Å². The van der Waals surface area contributed by atoms with E-state index >= 15 is 0 Å². The minimum atomic E-state index is -0.494. The Morgan fingerprint density at radius 1 is 1.25 bits per heavy atom. The Hall–Kier alpha value is -2.95. The Labute approximate surface area is 141 Å². The van der Waals surface area contributed by atoms with Crippen LogP contribution in [0.2, 0.25) is 0 Å². The van der Waals surface area contributed by atoms with Gasteiger partial charge in [0, 0.05) is 30.2 Å². The van der Waals surface area contributed by atoms with Crippen molar-refractivity contribution in [2.45, 2.75) is 25.4 Å². The van der Waals surface area contributed by atoms with E-state index in [1.165, 1.54) is 6.08 Å². The van der Waals surface area contributed by atoms with Crippen LogP contribution in [0, 0.1) is 0 Å². The van der Waals surface area contributed by atoms with Gasteiger partial charge >= 0.3 is 0 Å². The second kappa shape index (κ2) is 7.08. The summed E-state index contributed by atoms with van der Waals surface area (Å²) in [6.07, 6.45) is 7.05. The number of hydrogen-bond donors (Lipinski definition) is 1. The average Bonchev–Trinajstić information content (AvgIpc) is 2.88. The van der Waals surface area contributed by atoms with Crippen molar-refractivity contribution in [2.24, 2.45) is 0 Å². The van der Waals surface area contributed by atoms with Crippen molar-refractivity contribution in [3.63, 3.8) is 0 Å². The number of hydrogen-bond acceptors (Lipinski definition) is 3. The summed E-state index contributed by atoms with van der Waals surface area (Å²) in [5.41, 5.74) is 1.70. The number of para-hydroxylation sites is 1. The normalized spacial score (nSPS) is 20.5. The Bertz CT molecular complexity index is 744. The quantitative estimate of drug-likeness (QED) is 0.880. The van der Waals surface area contributed by atoms with E-state index in [0.29, 0.717) is 6.42 Å². The molecule has 2 heterocycles. The molecule has 5 heteroatoms. The molecule has 0 saturated carbocycles. The third-order valence-corrected chi connectivity index (χ3v) is 4.02. The maximum Gasteiger partial charge on any atom is 0.249 e. The lowest BCUT2D eigenvalue weighted by molar-refractivity contribution is -0.123. The van der Waals surface area contributed by atoms with Gasteiger partial charge in [0.1, 0.15) is 6.04 Å². The van der Waals surface area contributed by atoms with Gasteiger partial charge in [-0.1, -0.05) is 24.3 Å². The fourth-order valence-corrected chi connectivity index (χ4v) is 2.89. The molecular formula is C19H19N3O2. The number of aromatic nitrogens is 1. The van der Waals surface area contributed by atoms with Crippen LogP contribution in [0.3, 0.4) is 0 Å². The van der Waals surface area contributed by atoms with Gasteiger partial charge in [-0.15, -0.1) is 0 Å². The Morgan fingerprint density at radius 3 is 2.75 bits per heavy atom. The van der Waals surface area contributed by atoms with Crippen LogP contribution >= 0.6 is 0 Å². The van der Waals surface area contributed by atoms with Crippen LogP contribution in [0.1, 0.15) is 18.9 Å². The molecule has 122 valence electrons. The lowest BCUT2D eigenvalue weighted by atomic mass is 10.2. The van der Waals surface area contributed by atoms with Gasteiger partial charge in [-0.3, -0.25) is 14.6 Å².